The summed E-state index contributed by atoms with van der Waals surface area (Å²) in [6.45, 7) is 1.63. The number of pyridine rings is 1. The Morgan fingerprint density at radius 1 is 1.09 bits per heavy atom. The maximum atomic E-state index is 13.9. The molecule has 1 unspecified atom stereocenters. The number of benzene rings is 2. The van der Waals surface area contributed by atoms with E-state index in [0.29, 0.717) is 28.2 Å². The Labute approximate surface area is 187 Å². The van der Waals surface area contributed by atoms with E-state index in [1.807, 2.05) is 0 Å². The number of aromatic nitrogens is 2. The minimum Gasteiger partial charge on any atom is -0.485 e. The summed E-state index contributed by atoms with van der Waals surface area (Å²) in [6.07, 6.45) is 1.65. The second-order valence-electron chi connectivity index (χ2n) is 7.43. The Balaban J connectivity index is 1.60. The topological polar surface area (TPSA) is 81.7 Å². The van der Waals surface area contributed by atoms with E-state index < -0.39 is 23.6 Å². The molecule has 0 saturated carbocycles. The molecule has 1 atom stereocenters. The summed E-state index contributed by atoms with van der Waals surface area (Å²) in [6, 6.07) is 12.2. The molecule has 0 aliphatic carbocycles. The fourth-order valence-electron chi connectivity index (χ4n) is 3.55. The average molecular weight is 454 g/mol. The standard InChI is InChI=1S/C24H21F3N4O2/c1-14-22(24(32)30-20(12-28)15-8-9-18(26)19(27)11-15)31-10-4-7-21(23(31)29-14)33-13-16-5-2-3-6-17(16)25/h2-11,20H,12-13,28H2,1H3,(H,30,32). The third-order valence-corrected chi connectivity index (χ3v) is 5.23. The fourth-order valence-corrected chi connectivity index (χ4v) is 3.55. The number of aryl methyl sites for hydroxylation is 1. The van der Waals surface area contributed by atoms with Gasteiger partial charge in [-0.3, -0.25) is 9.20 Å². The summed E-state index contributed by atoms with van der Waals surface area (Å²) in [5.41, 5.74) is 7.55. The number of amides is 1. The van der Waals surface area contributed by atoms with E-state index in [9.17, 15) is 18.0 Å². The molecule has 4 aromatic rings. The monoisotopic (exact) mass is 454 g/mol. The summed E-state index contributed by atoms with van der Waals surface area (Å²) >= 11 is 0. The van der Waals surface area contributed by atoms with Crippen molar-refractivity contribution >= 4 is 11.6 Å². The Bertz CT molecular complexity index is 1320. The van der Waals surface area contributed by atoms with Crippen LogP contribution < -0.4 is 15.8 Å². The van der Waals surface area contributed by atoms with Gasteiger partial charge in [-0.25, -0.2) is 18.2 Å². The molecule has 0 spiro atoms. The molecule has 3 N–H and O–H groups in total. The molecule has 0 saturated heterocycles. The van der Waals surface area contributed by atoms with Gasteiger partial charge in [-0.15, -0.1) is 0 Å². The zero-order valence-corrected chi connectivity index (χ0v) is 17.7. The maximum absolute atomic E-state index is 13.9. The number of ether oxygens (including phenoxy) is 1. The summed E-state index contributed by atoms with van der Waals surface area (Å²) in [5, 5.41) is 2.75. The first kappa shape index (κ1) is 22.3. The van der Waals surface area contributed by atoms with Crippen LogP contribution >= 0.6 is 0 Å². The molecule has 0 radical (unpaired) electrons. The van der Waals surface area contributed by atoms with E-state index in [-0.39, 0.29) is 24.7 Å². The van der Waals surface area contributed by atoms with Gasteiger partial charge in [0, 0.05) is 18.3 Å². The van der Waals surface area contributed by atoms with Crippen molar-refractivity contribution < 1.29 is 22.7 Å². The highest BCUT2D eigenvalue weighted by atomic mass is 19.2. The van der Waals surface area contributed by atoms with Crippen LogP contribution in [0.5, 0.6) is 5.75 Å². The van der Waals surface area contributed by atoms with E-state index in [1.54, 1.807) is 47.9 Å². The lowest BCUT2D eigenvalue weighted by atomic mass is 10.1. The molecule has 6 nitrogen and oxygen atoms in total. The van der Waals surface area contributed by atoms with Crippen LogP contribution in [0.3, 0.4) is 0 Å². The third-order valence-electron chi connectivity index (χ3n) is 5.23. The minimum absolute atomic E-state index is 0.00877. The molecule has 2 heterocycles. The minimum atomic E-state index is -1.03. The molecular formula is C24H21F3N4O2. The van der Waals surface area contributed by atoms with Gasteiger partial charge in [-0.2, -0.15) is 0 Å². The summed E-state index contributed by atoms with van der Waals surface area (Å²) in [5.74, 6) is -2.51. The molecule has 33 heavy (non-hydrogen) atoms. The molecule has 9 heteroatoms. The van der Waals surface area contributed by atoms with Gasteiger partial charge in [0.15, 0.2) is 23.0 Å². The number of carbonyl (C=O) groups excluding carboxylic acids is 1. The first-order chi connectivity index (χ1) is 15.9. The van der Waals surface area contributed by atoms with Gasteiger partial charge in [0.2, 0.25) is 0 Å². The van der Waals surface area contributed by atoms with Gasteiger partial charge in [0.25, 0.3) is 5.91 Å². The van der Waals surface area contributed by atoms with Crippen molar-refractivity contribution in [1.82, 2.24) is 14.7 Å². The fraction of sp³-hybridized carbons (Fsp3) is 0.167. The van der Waals surface area contributed by atoms with Gasteiger partial charge in [-0.05, 0) is 42.8 Å². The number of nitrogens with zero attached hydrogens (tertiary/aromatic N) is 2. The van der Waals surface area contributed by atoms with Gasteiger partial charge < -0.3 is 15.8 Å². The summed E-state index contributed by atoms with van der Waals surface area (Å²) in [4.78, 5) is 17.5. The average Bonchev–Trinajstić information content (AvgIpc) is 3.15. The van der Waals surface area contributed by atoms with Crippen LogP contribution in [0.25, 0.3) is 5.65 Å². The number of carbonyl (C=O) groups is 1. The number of fused-ring (bicyclic) bond motifs is 1. The van der Waals surface area contributed by atoms with Crippen LogP contribution in [-0.4, -0.2) is 21.8 Å². The van der Waals surface area contributed by atoms with E-state index in [0.717, 1.165) is 12.1 Å². The van der Waals surface area contributed by atoms with Crippen LogP contribution in [-0.2, 0) is 6.61 Å². The molecule has 170 valence electrons. The Kier molecular flexibility index (Phi) is 6.32. The summed E-state index contributed by atoms with van der Waals surface area (Å²) in [7, 11) is 0. The van der Waals surface area contributed by atoms with Gasteiger partial charge in [-0.1, -0.05) is 24.3 Å². The lowest BCUT2D eigenvalue weighted by molar-refractivity contribution is 0.0931. The second kappa shape index (κ2) is 9.33. The zero-order chi connectivity index (χ0) is 23.5. The van der Waals surface area contributed by atoms with Crippen molar-refractivity contribution in [2.75, 3.05) is 6.54 Å². The quantitative estimate of drug-likeness (QED) is 0.441. The predicted molar refractivity (Wildman–Crippen MR) is 116 cm³/mol. The van der Waals surface area contributed by atoms with Crippen molar-refractivity contribution in [2.45, 2.75) is 19.6 Å². The number of hydrogen-bond acceptors (Lipinski definition) is 4. The van der Waals surface area contributed by atoms with Crippen molar-refractivity contribution in [3.63, 3.8) is 0 Å². The molecular weight excluding hydrogens is 433 g/mol. The Morgan fingerprint density at radius 2 is 1.88 bits per heavy atom. The number of hydrogen-bond donors (Lipinski definition) is 2. The highest BCUT2D eigenvalue weighted by Crippen LogP contribution is 2.24. The third kappa shape index (κ3) is 4.54. The number of rotatable bonds is 7. The molecule has 0 aliphatic heterocycles. The number of imidazole rings is 1. The van der Waals surface area contributed by atoms with Gasteiger partial charge >= 0.3 is 0 Å². The van der Waals surface area contributed by atoms with Crippen molar-refractivity contribution in [2.24, 2.45) is 5.73 Å². The van der Waals surface area contributed by atoms with Crippen LogP contribution in [0.15, 0.2) is 60.8 Å². The van der Waals surface area contributed by atoms with Crippen LogP contribution in [0, 0.1) is 24.4 Å². The predicted octanol–water partition coefficient (Wildman–Crippen LogP) is 4.07. The molecule has 2 aromatic heterocycles. The number of halogens is 3. The zero-order valence-electron chi connectivity index (χ0n) is 17.7. The second-order valence-corrected chi connectivity index (χ2v) is 7.43. The molecule has 0 aliphatic rings. The lowest BCUT2D eigenvalue weighted by Crippen LogP contribution is -2.34. The van der Waals surface area contributed by atoms with Gasteiger partial charge in [0.1, 0.15) is 18.1 Å². The number of nitrogens with two attached hydrogens (primary N) is 1. The maximum Gasteiger partial charge on any atom is 0.270 e. The molecule has 2 aromatic carbocycles. The molecule has 0 bridgehead atoms. The highest BCUT2D eigenvalue weighted by molar-refractivity contribution is 5.95. The first-order valence-electron chi connectivity index (χ1n) is 10.2. The van der Waals surface area contributed by atoms with E-state index >= 15 is 0 Å². The molecule has 1 amide bonds. The van der Waals surface area contributed by atoms with E-state index in [4.69, 9.17) is 10.5 Å². The van der Waals surface area contributed by atoms with Crippen molar-refractivity contribution in [3.8, 4) is 5.75 Å². The van der Waals surface area contributed by atoms with Crippen LogP contribution in [0.1, 0.15) is 33.4 Å². The summed E-state index contributed by atoms with van der Waals surface area (Å²) < 4.78 is 48.2. The SMILES string of the molecule is Cc1nc2c(OCc3ccccc3F)cccn2c1C(=O)NC(CN)c1ccc(F)c(F)c1. The molecule has 4 rings (SSSR count). The Morgan fingerprint density at radius 3 is 2.61 bits per heavy atom. The van der Waals surface area contributed by atoms with Crippen molar-refractivity contribution in [3.05, 3.63) is 101 Å². The van der Waals surface area contributed by atoms with Crippen LogP contribution in [0.4, 0.5) is 13.2 Å². The van der Waals surface area contributed by atoms with Gasteiger partial charge in [0.05, 0.1) is 11.7 Å². The largest absolute Gasteiger partial charge is 0.485 e. The van der Waals surface area contributed by atoms with Crippen LogP contribution in [0.2, 0.25) is 0 Å². The normalized spacial score (nSPS) is 12.0. The number of nitrogens with one attached hydrogen (secondary N) is 1. The molecule has 0 fully saturated rings. The Hall–Kier alpha value is -3.85. The lowest BCUT2D eigenvalue weighted by Gasteiger charge is -2.18. The highest BCUT2D eigenvalue weighted by Gasteiger charge is 2.22. The first-order valence-corrected chi connectivity index (χ1v) is 10.2. The van der Waals surface area contributed by atoms with Crippen molar-refractivity contribution in [1.29, 1.82) is 0 Å². The smallest absolute Gasteiger partial charge is 0.270 e. The van der Waals surface area contributed by atoms with E-state index in [2.05, 4.69) is 10.3 Å². The van der Waals surface area contributed by atoms with E-state index in [1.165, 1.54) is 12.1 Å².